The first-order valence-electron chi connectivity index (χ1n) is 8.80. The van der Waals surface area contributed by atoms with Crippen LogP contribution in [0.25, 0.3) is 10.8 Å². The van der Waals surface area contributed by atoms with Gasteiger partial charge in [-0.05, 0) is 24.3 Å². The molecule has 0 saturated carbocycles. The topological polar surface area (TPSA) is 106 Å². The minimum Gasteiger partial charge on any atom is -0.368 e. The number of hydrogen-bond donors (Lipinski definition) is 0. The third-order valence-electron chi connectivity index (χ3n) is 5.01. The molecule has 4 rings (SSSR count). The molecule has 0 unspecified atom stereocenters. The van der Waals surface area contributed by atoms with E-state index in [2.05, 4.69) is 14.8 Å². The van der Waals surface area contributed by atoms with Gasteiger partial charge in [-0.2, -0.15) is 0 Å². The van der Waals surface area contributed by atoms with E-state index in [0.717, 1.165) is 42.9 Å². The number of nitrogens with zero attached hydrogens (tertiary/aromatic N) is 5. The molecule has 1 aromatic heterocycles. The summed E-state index contributed by atoms with van der Waals surface area (Å²) in [5.41, 5.74) is 2.03. The number of nitro benzene ring substituents is 2. The zero-order chi connectivity index (χ0) is 19.7. The molecule has 0 aliphatic carbocycles. The summed E-state index contributed by atoms with van der Waals surface area (Å²) in [6.45, 7) is 2.99. The number of anilines is 2. The number of aromatic nitrogens is 1. The molecule has 1 fully saturated rings. The van der Waals surface area contributed by atoms with E-state index in [1.165, 1.54) is 24.4 Å². The van der Waals surface area contributed by atoms with Crippen LogP contribution in [0.5, 0.6) is 0 Å². The Balaban J connectivity index is 1.55. The SMILES string of the molecule is O=[N+]([O-])c1ccc(N2CCN(c3ccc([N+](=O)[O-])c4cnccc34)CC2)cc1. The summed E-state index contributed by atoms with van der Waals surface area (Å²) in [6.07, 6.45) is 3.17. The average molecular weight is 379 g/mol. The van der Waals surface area contributed by atoms with Crippen LogP contribution in [0.3, 0.4) is 0 Å². The van der Waals surface area contributed by atoms with Crippen LogP contribution < -0.4 is 9.80 Å². The molecular weight excluding hydrogens is 362 g/mol. The van der Waals surface area contributed by atoms with Gasteiger partial charge in [0.25, 0.3) is 11.4 Å². The van der Waals surface area contributed by atoms with Crippen LogP contribution in [-0.2, 0) is 0 Å². The van der Waals surface area contributed by atoms with Crippen molar-refractivity contribution >= 4 is 33.5 Å². The predicted molar refractivity (Wildman–Crippen MR) is 106 cm³/mol. The molecule has 142 valence electrons. The lowest BCUT2D eigenvalue weighted by Crippen LogP contribution is -2.46. The van der Waals surface area contributed by atoms with Crippen LogP contribution >= 0.6 is 0 Å². The first kappa shape index (κ1) is 17.7. The van der Waals surface area contributed by atoms with E-state index in [4.69, 9.17) is 0 Å². The Morgan fingerprint density at radius 1 is 0.786 bits per heavy atom. The Hall–Kier alpha value is -3.75. The van der Waals surface area contributed by atoms with Gasteiger partial charge in [-0.15, -0.1) is 0 Å². The van der Waals surface area contributed by atoms with E-state index in [0.29, 0.717) is 5.39 Å². The van der Waals surface area contributed by atoms with E-state index in [1.807, 2.05) is 0 Å². The third-order valence-corrected chi connectivity index (χ3v) is 5.01. The van der Waals surface area contributed by atoms with Gasteiger partial charge in [0.2, 0.25) is 0 Å². The first-order valence-corrected chi connectivity index (χ1v) is 8.80. The largest absolute Gasteiger partial charge is 0.368 e. The highest BCUT2D eigenvalue weighted by Gasteiger charge is 2.22. The summed E-state index contributed by atoms with van der Waals surface area (Å²) in [4.78, 5) is 29.7. The third kappa shape index (κ3) is 3.18. The van der Waals surface area contributed by atoms with E-state index in [-0.39, 0.29) is 16.3 Å². The van der Waals surface area contributed by atoms with Crippen LogP contribution in [-0.4, -0.2) is 41.0 Å². The van der Waals surface area contributed by atoms with E-state index >= 15 is 0 Å². The van der Waals surface area contributed by atoms with Gasteiger partial charge in [0.1, 0.15) is 0 Å². The zero-order valence-electron chi connectivity index (χ0n) is 14.9. The van der Waals surface area contributed by atoms with Gasteiger partial charge in [0.05, 0.1) is 15.2 Å². The summed E-state index contributed by atoms with van der Waals surface area (Å²) in [7, 11) is 0. The van der Waals surface area contributed by atoms with Crippen LogP contribution in [0.1, 0.15) is 0 Å². The number of piperazine rings is 1. The monoisotopic (exact) mass is 379 g/mol. The highest BCUT2D eigenvalue weighted by atomic mass is 16.6. The number of fused-ring (bicyclic) bond motifs is 1. The number of nitro groups is 2. The molecular formula is C19H17N5O4. The van der Waals surface area contributed by atoms with Gasteiger partial charge in [0, 0.05) is 73.5 Å². The van der Waals surface area contributed by atoms with Crippen molar-refractivity contribution in [2.24, 2.45) is 0 Å². The molecule has 9 heteroatoms. The van der Waals surface area contributed by atoms with Gasteiger partial charge < -0.3 is 9.80 Å². The van der Waals surface area contributed by atoms with Crippen molar-refractivity contribution in [3.63, 3.8) is 0 Å². The molecule has 0 bridgehead atoms. The average Bonchev–Trinajstić information content (AvgIpc) is 2.73. The van der Waals surface area contributed by atoms with Crippen LogP contribution in [0.4, 0.5) is 22.7 Å². The standard InChI is InChI=1S/C19H17N5O4/c25-23(26)15-3-1-14(2-4-15)21-9-11-22(12-10-21)18-5-6-19(24(27)28)17-13-20-8-7-16(17)18/h1-8,13H,9-12H2. The number of benzene rings is 2. The lowest BCUT2D eigenvalue weighted by atomic mass is 10.1. The van der Waals surface area contributed by atoms with Crippen LogP contribution in [0.15, 0.2) is 54.9 Å². The summed E-state index contributed by atoms with van der Waals surface area (Å²) >= 11 is 0. The fourth-order valence-electron chi connectivity index (χ4n) is 3.59. The zero-order valence-corrected chi connectivity index (χ0v) is 14.9. The first-order chi connectivity index (χ1) is 13.5. The van der Waals surface area contributed by atoms with Crippen LogP contribution in [0.2, 0.25) is 0 Å². The van der Waals surface area contributed by atoms with E-state index in [1.54, 1.807) is 30.5 Å². The molecule has 1 aliphatic rings. The molecule has 0 radical (unpaired) electrons. The second-order valence-electron chi connectivity index (χ2n) is 6.53. The minimum absolute atomic E-state index is 0.0522. The lowest BCUT2D eigenvalue weighted by molar-refractivity contribution is -0.384. The van der Waals surface area contributed by atoms with Crippen molar-refractivity contribution in [3.05, 3.63) is 75.1 Å². The summed E-state index contributed by atoms with van der Waals surface area (Å²) in [6, 6.07) is 11.7. The van der Waals surface area contributed by atoms with Crippen molar-refractivity contribution in [1.29, 1.82) is 0 Å². The Kier molecular flexibility index (Phi) is 4.48. The van der Waals surface area contributed by atoms with Crippen LogP contribution in [0, 0.1) is 20.2 Å². The number of non-ortho nitro benzene ring substituents is 2. The second-order valence-corrected chi connectivity index (χ2v) is 6.53. The van der Waals surface area contributed by atoms with Crippen molar-refractivity contribution in [1.82, 2.24) is 4.98 Å². The fourth-order valence-corrected chi connectivity index (χ4v) is 3.59. The van der Waals surface area contributed by atoms with Gasteiger partial charge >= 0.3 is 0 Å². The number of hydrogen-bond acceptors (Lipinski definition) is 7. The lowest BCUT2D eigenvalue weighted by Gasteiger charge is -2.37. The molecule has 9 nitrogen and oxygen atoms in total. The quantitative estimate of drug-likeness (QED) is 0.505. The normalized spacial score (nSPS) is 14.3. The molecule has 2 aromatic carbocycles. The molecule has 28 heavy (non-hydrogen) atoms. The predicted octanol–water partition coefficient (Wildman–Crippen LogP) is 3.38. The van der Waals surface area contributed by atoms with Gasteiger partial charge in [0.15, 0.2) is 0 Å². The summed E-state index contributed by atoms with van der Waals surface area (Å²) in [5.74, 6) is 0. The highest BCUT2D eigenvalue weighted by molar-refractivity contribution is 5.99. The Morgan fingerprint density at radius 2 is 1.46 bits per heavy atom. The van der Waals surface area contributed by atoms with Gasteiger partial charge in [-0.25, -0.2) is 0 Å². The molecule has 0 amide bonds. The maximum atomic E-state index is 11.3. The number of pyridine rings is 1. The molecule has 0 spiro atoms. The second kappa shape index (κ2) is 7.10. The molecule has 0 atom stereocenters. The fraction of sp³-hybridized carbons (Fsp3) is 0.211. The molecule has 1 aliphatic heterocycles. The van der Waals surface area contributed by atoms with Gasteiger partial charge in [-0.3, -0.25) is 25.2 Å². The Morgan fingerprint density at radius 3 is 2.11 bits per heavy atom. The van der Waals surface area contributed by atoms with Crippen molar-refractivity contribution in [2.45, 2.75) is 0 Å². The molecule has 2 heterocycles. The Bertz CT molecular complexity index is 1050. The molecule has 3 aromatic rings. The molecule has 1 saturated heterocycles. The smallest absolute Gasteiger partial charge is 0.278 e. The van der Waals surface area contributed by atoms with E-state index in [9.17, 15) is 20.2 Å². The summed E-state index contributed by atoms with van der Waals surface area (Å²) < 4.78 is 0. The van der Waals surface area contributed by atoms with Crippen molar-refractivity contribution < 1.29 is 9.85 Å². The van der Waals surface area contributed by atoms with Crippen molar-refractivity contribution in [3.8, 4) is 0 Å². The van der Waals surface area contributed by atoms with E-state index < -0.39 is 4.92 Å². The van der Waals surface area contributed by atoms with Gasteiger partial charge in [-0.1, -0.05) is 0 Å². The molecule has 0 N–H and O–H groups in total. The minimum atomic E-state index is -0.406. The maximum Gasteiger partial charge on any atom is 0.278 e. The number of rotatable bonds is 4. The maximum absolute atomic E-state index is 11.3. The Labute approximate surface area is 160 Å². The highest BCUT2D eigenvalue weighted by Crippen LogP contribution is 2.33. The van der Waals surface area contributed by atoms with Crippen molar-refractivity contribution in [2.75, 3.05) is 36.0 Å². The summed E-state index contributed by atoms with van der Waals surface area (Å²) in [5, 5.41) is 23.4.